The van der Waals surface area contributed by atoms with E-state index in [2.05, 4.69) is 0 Å². The number of carboxylic acid groups (broad SMARTS) is 1. The van der Waals surface area contributed by atoms with E-state index >= 15 is 0 Å². The van der Waals surface area contributed by atoms with Crippen molar-refractivity contribution in [3.63, 3.8) is 0 Å². The minimum atomic E-state index is -1.13. The van der Waals surface area contributed by atoms with E-state index in [9.17, 15) is 9.59 Å². The van der Waals surface area contributed by atoms with E-state index in [0.29, 0.717) is 27.0 Å². The maximum atomic E-state index is 12.3. The molecule has 140 valence electrons. The van der Waals surface area contributed by atoms with Crippen LogP contribution < -0.4 is 9.47 Å². The van der Waals surface area contributed by atoms with Crippen LogP contribution in [0, 0.1) is 0 Å². The van der Waals surface area contributed by atoms with Gasteiger partial charge in [0.15, 0.2) is 11.5 Å². The second-order valence-corrected chi connectivity index (χ2v) is 7.62. The van der Waals surface area contributed by atoms with Crippen LogP contribution >= 0.6 is 35.6 Å². The van der Waals surface area contributed by atoms with Crippen LogP contribution in [0.15, 0.2) is 17.0 Å². The Kier molecular flexibility index (Phi) is 6.91. The first kappa shape index (κ1) is 20.5. The highest BCUT2D eigenvalue weighted by Gasteiger charge is 2.33. The predicted octanol–water partition coefficient (Wildman–Crippen LogP) is 3.81. The largest absolute Gasteiger partial charge is 0.493 e. The number of carboxylic acids is 1. The Labute approximate surface area is 166 Å². The quantitative estimate of drug-likeness (QED) is 0.536. The van der Waals surface area contributed by atoms with E-state index < -0.39 is 18.4 Å². The topological polar surface area (TPSA) is 76.1 Å². The lowest BCUT2D eigenvalue weighted by atomic mass is 10.1. The van der Waals surface area contributed by atoms with E-state index in [4.69, 9.17) is 38.4 Å². The normalized spacial score (nSPS) is 16.9. The SMILES string of the molecule is CC[C@H](C)Oc1c(Cl)cc(/C=C2/SC(=S)N(CC(=O)O)C2=O)cc1OC. The van der Waals surface area contributed by atoms with Gasteiger partial charge in [0.2, 0.25) is 0 Å². The number of methoxy groups -OCH3 is 1. The molecule has 6 nitrogen and oxygen atoms in total. The number of hydrogen-bond donors (Lipinski definition) is 1. The van der Waals surface area contributed by atoms with E-state index in [1.807, 2.05) is 13.8 Å². The number of carbonyl (C=O) groups excluding carboxylic acids is 1. The first-order valence-corrected chi connectivity index (χ1v) is 9.38. The smallest absolute Gasteiger partial charge is 0.323 e. The van der Waals surface area contributed by atoms with Gasteiger partial charge in [-0.25, -0.2) is 0 Å². The molecule has 2 rings (SSSR count). The number of benzene rings is 1. The third-order valence-electron chi connectivity index (χ3n) is 3.61. The molecule has 1 aliphatic heterocycles. The summed E-state index contributed by atoms with van der Waals surface area (Å²) in [5.74, 6) is -0.680. The summed E-state index contributed by atoms with van der Waals surface area (Å²) in [6, 6.07) is 3.36. The van der Waals surface area contributed by atoms with Crippen LogP contribution in [-0.2, 0) is 9.59 Å². The molecule has 1 N–H and O–H groups in total. The molecular weight excluding hydrogens is 398 g/mol. The minimum absolute atomic E-state index is 0.0282. The van der Waals surface area contributed by atoms with Crippen LogP contribution in [0.2, 0.25) is 5.02 Å². The molecule has 1 aromatic rings. The molecule has 0 unspecified atom stereocenters. The zero-order chi connectivity index (χ0) is 19.4. The van der Waals surface area contributed by atoms with Crippen molar-refractivity contribution in [2.24, 2.45) is 0 Å². The van der Waals surface area contributed by atoms with Gasteiger partial charge in [-0.05, 0) is 37.1 Å². The van der Waals surface area contributed by atoms with Crippen LogP contribution in [0.5, 0.6) is 11.5 Å². The summed E-state index contributed by atoms with van der Waals surface area (Å²) in [5.41, 5.74) is 0.624. The van der Waals surface area contributed by atoms with Crippen molar-refractivity contribution in [3.8, 4) is 11.5 Å². The van der Waals surface area contributed by atoms with Gasteiger partial charge >= 0.3 is 5.97 Å². The highest BCUT2D eigenvalue weighted by atomic mass is 35.5. The van der Waals surface area contributed by atoms with E-state index in [1.165, 1.54) is 7.11 Å². The molecule has 0 spiro atoms. The number of carbonyl (C=O) groups is 2. The number of hydrogen-bond acceptors (Lipinski definition) is 6. The molecule has 26 heavy (non-hydrogen) atoms. The number of amides is 1. The van der Waals surface area contributed by atoms with Crippen molar-refractivity contribution in [2.75, 3.05) is 13.7 Å². The summed E-state index contributed by atoms with van der Waals surface area (Å²) < 4.78 is 11.4. The Morgan fingerprint density at radius 1 is 1.50 bits per heavy atom. The van der Waals surface area contributed by atoms with Gasteiger partial charge in [0, 0.05) is 0 Å². The average molecular weight is 416 g/mol. The summed E-state index contributed by atoms with van der Waals surface area (Å²) in [5, 5.41) is 9.24. The Hall–Kier alpha value is -1.77. The molecule has 1 saturated heterocycles. The molecule has 1 fully saturated rings. The predicted molar refractivity (Wildman–Crippen MR) is 106 cm³/mol. The number of aliphatic carboxylic acids is 1. The van der Waals surface area contributed by atoms with Gasteiger partial charge in [0.1, 0.15) is 10.9 Å². The zero-order valence-electron chi connectivity index (χ0n) is 14.4. The van der Waals surface area contributed by atoms with Crippen LogP contribution in [-0.4, -0.2) is 46.0 Å². The minimum Gasteiger partial charge on any atom is -0.493 e. The molecule has 0 aromatic heterocycles. The molecule has 1 atom stereocenters. The molecule has 9 heteroatoms. The van der Waals surface area contributed by atoms with Crippen molar-refractivity contribution in [1.29, 1.82) is 0 Å². The van der Waals surface area contributed by atoms with Crippen LogP contribution in [0.4, 0.5) is 0 Å². The maximum absolute atomic E-state index is 12.3. The molecule has 1 aliphatic rings. The van der Waals surface area contributed by atoms with Gasteiger partial charge in [0.05, 0.1) is 23.1 Å². The summed E-state index contributed by atoms with van der Waals surface area (Å²) in [7, 11) is 1.51. The van der Waals surface area contributed by atoms with Crippen LogP contribution in [0.25, 0.3) is 6.08 Å². The molecule has 1 aromatic carbocycles. The standard InChI is InChI=1S/C17H18ClNO5S2/c1-4-9(2)24-15-11(18)5-10(6-12(15)23-3)7-13-16(22)19(8-14(20)21)17(25)26-13/h5-7,9H,4,8H2,1-3H3,(H,20,21)/b13-7+/t9-/m0/s1. The Balaban J connectivity index is 2.33. The lowest BCUT2D eigenvalue weighted by molar-refractivity contribution is -0.140. The summed E-state index contributed by atoms with van der Waals surface area (Å²) in [6.45, 7) is 3.46. The van der Waals surface area contributed by atoms with Crippen molar-refractivity contribution in [1.82, 2.24) is 4.90 Å². The van der Waals surface area contributed by atoms with Gasteiger partial charge in [-0.1, -0.05) is 42.5 Å². The van der Waals surface area contributed by atoms with Crippen molar-refractivity contribution < 1.29 is 24.2 Å². The Morgan fingerprint density at radius 2 is 2.19 bits per heavy atom. The molecule has 0 aliphatic carbocycles. The van der Waals surface area contributed by atoms with Gasteiger partial charge in [-0.3, -0.25) is 14.5 Å². The molecular formula is C17H18ClNO5S2. The maximum Gasteiger partial charge on any atom is 0.323 e. The molecule has 0 saturated carbocycles. The lowest BCUT2D eigenvalue weighted by Crippen LogP contribution is -2.33. The second kappa shape index (κ2) is 8.75. The summed E-state index contributed by atoms with van der Waals surface area (Å²) in [4.78, 5) is 24.6. The van der Waals surface area contributed by atoms with Gasteiger partial charge < -0.3 is 14.6 Å². The number of halogens is 1. The first-order valence-electron chi connectivity index (χ1n) is 7.78. The number of nitrogens with zero attached hydrogens (tertiary/aromatic N) is 1. The average Bonchev–Trinajstić information content (AvgIpc) is 2.83. The summed E-state index contributed by atoms with van der Waals surface area (Å²) >= 11 is 12.4. The lowest BCUT2D eigenvalue weighted by Gasteiger charge is -2.17. The fourth-order valence-corrected chi connectivity index (χ4v) is 3.66. The molecule has 0 bridgehead atoms. The third kappa shape index (κ3) is 4.69. The van der Waals surface area contributed by atoms with Crippen LogP contribution in [0.1, 0.15) is 25.8 Å². The van der Waals surface area contributed by atoms with Crippen molar-refractivity contribution in [2.45, 2.75) is 26.4 Å². The van der Waals surface area contributed by atoms with Crippen molar-refractivity contribution in [3.05, 3.63) is 27.6 Å². The Morgan fingerprint density at radius 3 is 2.77 bits per heavy atom. The van der Waals surface area contributed by atoms with E-state index in [-0.39, 0.29) is 10.4 Å². The molecule has 1 heterocycles. The number of thioether (sulfide) groups is 1. The number of ether oxygens (including phenoxy) is 2. The monoisotopic (exact) mass is 415 g/mol. The van der Waals surface area contributed by atoms with Crippen LogP contribution in [0.3, 0.4) is 0 Å². The van der Waals surface area contributed by atoms with Crippen molar-refractivity contribution >= 4 is 57.9 Å². The number of thiocarbonyl (C=S) groups is 1. The highest BCUT2D eigenvalue weighted by molar-refractivity contribution is 8.26. The number of rotatable bonds is 7. The highest BCUT2D eigenvalue weighted by Crippen LogP contribution is 2.39. The fraction of sp³-hybridized carbons (Fsp3) is 0.353. The molecule has 1 amide bonds. The van der Waals surface area contributed by atoms with Gasteiger partial charge in [-0.2, -0.15) is 0 Å². The van der Waals surface area contributed by atoms with E-state index in [1.54, 1.807) is 18.2 Å². The van der Waals surface area contributed by atoms with E-state index in [0.717, 1.165) is 23.1 Å². The fourth-order valence-electron chi connectivity index (χ4n) is 2.14. The first-order chi connectivity index (χ1) is 12.3. The second-order valence-electron chi connectivity index (χ2n) is 5.53. The third-order valence-corrected chi connectivity index (χ3v) is 5.27. The van der Waals surface area contributed by atoms with Gasteiger partial charge in [-0.15, -0.1) is 0 Å². The van der Waals surface area contributed by atoms with Gasteiger partial charge in [0.25, 0.3) is 5.91 Å². The summed E-state index contributed by atoms with van der Waals surface area (Å²) in [6.07, 6.45) is 2.38. The Bertz CT molecular complexity index is 781. The molecule has 0 radical (unpaired) electrons. The zero-order valence-corrected chi connectivity index (χ0v) is 16.8.